The highest BCUT2D eigenvalue weighted by Gasteiger charge is 2.17. The number of hydrogen-bond donors (Lipinski definition) is 0. The van der Waals surface area contributed by atoms with E-state index in [2.05, 4.69) is 33.9 Å². The monoisotopic (exact) mass is 356 g/mol. The molecule has 1 aliphatic carbocycles. The van der Waals surface area contributed by atoms with Gasteiger partial charge in [-0.1, -0.05) is 18.0 Å². The molecule has 0 saturated carbocycles. The van der Waals surface area contributed by atoms with Gasteiger partial charge in [0.25, 0.3) is 0 Å². The largest absolute Gasteiger partial charge is 0.232 e. The molecule has 0 amide bonds. The molecule has 0 saturated heterocycles. The molecule has 0 aromatic carbocycles. The highest BCUT2D eigenvalue weighted by atomic mass is 79.9. The fraction of sp³-hybridized carbons (Fsp3) is 0.429. The zero-order valence-corrected chi connectivity index (χ0v) is 13.8. The smallest absolute Gasteiger partial charge is 0.171 e. The topological polar surface area (TPSA) is 25.8 Å². The van der Waals surface area contributed by atoms with E-state index in [1.807, 2.05) is 0 Å². The quantitative estimate of drug-likeness (QED) is 0.518. The lowest BCUT2D eigenvalue weighted by molar-refractivity contribution is 0.709. The first-order chi connectivity index (χ1) is 9.15. The van der Waals surface area contributed by atoms with Crippen molar-refractivity contribution < 1.29 is 0 Å². The summed E-state index contributed by atoms with van der Waals surface area (Å²) in [6.45, 7) is 2.09. The van der Waals surface area contributed by atoms with E-state index < -0.39 is 0 Å². The molecule has 2 nitrogen and oxygen atoms in total. The number of nitrogens with zero attached hydrogens (tertiary/aromatic N) is 2. The highest BCUT2D eigenvalue weighted by Crippen LogP contribution is 2.34. The third kappa shape index (κ3) is 2.71. The van der Waals surface area contributed by atoms with Crippen LogP contribution in [0.1, 0.15) is 35.4 Å². The summed E-state index contributed by atoms with van der Waals surface area (Å²) in [7, 11) is 0. The highest BCUT2D eigenvalue weighted by molar-refractivity contribution is 9.10. The van der Waals surface area contributed by atoms with Gasteiger partial charge in [0.05, 0.1) is 4.88 Å². The molecule has 2 aromatic heterocycles. The molecule has 2 aromatic rings. The van der Waals surface area contributed by atoms with Gasteiger partial charge in [-0.15, -0.1) is 11.3 Å². The van der Waals surface area contributed by atoms with Crippen LogP contribution in [0.25, 0.3) is 10.7 Å². The van der Waals surface area contributed by atoms with Crippen LogP contribution in [-0.4, -0.2) is 9.97 Å². The van der Waals surface area contributed by atoms with Crippen molar-refractivity contribution in [2.45, 2.75) is 39.0 Å². The molecule has 3 rings (SSSR count). The molecule has 0 N–H and O–H groups in total. The van der Waals surface area contributed by atoms with Crippen LogP contribution in [0.4, 0.5) is 0 Å². The van der Waals surface area contributed by atoms with E-state index in [-0.39, 0.29) is 0 Å². The van der Waals surface area contributed by atoms with Crippen molar-refractivity contribution in [2.75, 3.05) is 0 Å². The van der Waals surface area contributed by atoms with Crippen molar-refractivity contribution in [1.29, 1.82) is 0 Å². The van der Waals surface area contributed by atoms with Crippen LogP contribution in [0.5, 0.6) is 0 Å². The first-order valence-corrected chi connectivity index (χ1v) is 8.45. The molecule has 2 heterocycles. The zero-order valence-electron chi connectivity index (χ0n) is 10.7. The number of rotatable bonds is 1. The Morgan fingerprint density at radius 2 is 2.00 bits per heavy atom. The van der Waals surface area contributed by atoms with Gasteiger partial charge in [-0.3, -0.25) is 0 Å². The minimum Gasteiger partial charge on any atom is -0.232 e. The predicted octanol–water partition coefficient (Wildman–Crippen LogP) is 5.20. The Balaban J connectivity index is 2.08. The molecule has 0 spiro atoms. The van der Waals surface area contributed by atoms with Crippen LogP contribution in [0.15, 0.2) is 10.5 Å². The van der Waals surface area contributed by atoms with Crippen molar-refractivity contribution in [3.05, 3.63) is 31.8 Å². The summed E-state index contributed by atoms with van der Waals surface area (Å²) < 4.78 is 1.11. The molecule has 0 bridgehead atoms. The average Bonchev–Trinajstić information content (AvgIpc) is 2.61. The lowest BCUT2D eigenvalue weighted by atomic mass is 10.1. The average molecular weight is 358 g/mol. The summed E-state index contributed by atoms with van der Waals surface area (Å²) in [5.41, 5.74) is 2.31. The third-order valence-electron chi connectivity index (χ3n) is 3.46. The lowest BCUT2D eigenvalue weighted by Gasteiger charge is -2.08. The van der Waals surface area contributed by atoms with Crippen molar-refractivity contribution >= 4 is 38.9 Å². The second-order valence-electron chi connectivity index (χ2n) is 4.84. The fourth-order valence-corrected chi connectivity index (χ4v) is 4.16. The molecule has 0 radical (unpaired) electrons. The zero-order chi connectivity index (χ0) is 13.4. The first kappa shape index (κ1) is 13.5. The minimum atomic E-state index is 0.643. The summed E-state index contributed by atoms with van der Waals surface area (Å²) >= 11 is 11.6. The van der Waals surface area contributed by atoms with Crippen LogP contribution in [0.3, 0.4) is 0 Å². The standard InChI is InChI=1S/C14H14BrClN2S/c1-8-10(15)7-12(19-8)14-17-11-6-4-2-3-5-9(11)13(16)18-14/h7H,2-6H2,1H3. The van der Waals surface area contributed by atoms with E-state index in [0.29, 0.717) is 5.15 Å². The van der Waals surface area contributed by atoms with Gasteiger partial charge in [0.15, 0.2) is 5.82 Å². The second-order valence-corrected chi connectivity index (χ2v) is 7.31. The predicted molar refractivity (Wildman–Crippen MR) is 84.1 cm³/mol. The third-order valence-corrected chi connectivity index (χ3v) is 5.91. The van der Waals surface area contributed by atoms with Gasteiger partial charge in [0.2, 0.25) is 0 Å². The molecule has 19 heavy (non-hydrogen) atoms. The van der Waals surface area contributed by atoms with Crippen LogP contribution in [-0.2, 0) is 12.8 Å². The number of hydrogen-bond acceptors (Lipinski definition) is 3. The number of fused-ring (bicyclic) bond motifs is 1. The summed E-state index contributed by atoms with van der Waals surface area (Å²) in [5, 5.41) is 0.643. The molecular formula is C14H14BrClN2S. The van der Waals surface area contributed by atoms with E-state index in [1.165, 1.54) is 24.1 Å². The Hall–Kier alpha value is -0.450. The molecule has 5 heteroatoms. The van der Waals surface area contributed by atoms with E-state index in [4.69, 9.17) is 16.6 Å². The van der Waals surface area contributed by atoms with Gasteiger partial charge < -0.3 is 0 Å². The molecular weight excluding hydrogens is 344 g/mol. The number of aromatic nitrogens is 2. The van der Waals surface area contributed by atoms with Crippen molar-refractivity contribution in [1.82, 2.24) is 9.97 Å². The Morgan fingerprint density at radius 3 is 2.74 bits per heavy atom. The SMILES string of the molecule is Cc1sc(-c2nc(Cl)c3c(n2)CCCCC3)cc1Br. The normalized spacial score (nSPS) is 15.1. The van der Waals surface area contributed by atoms with E-state index in [0.717, 1.165) is 39.3 Å². The summed E-state index contributed by atoms with van der Waals surface area (Å²) in [5.74, 6) is 0.768. The Kier molecular flexibility index (Phi) is 3.92. The van der Waals surface area contributed by atoms with Crippen LogP contribution in [0, 0.1) is 6.92 Å². The Labute approximate surface area is 130 Å². The first-order valence-electron chi connectivity index (χ1n) is 6.47. The van der Waals surface area contributed by atoms with E-state index in [9.17, 15) is 0 Å². The van der Waals surface area contributed by atoms with Gasteiger partial charge in [-0.05, 0) is 54.6 Å². The van der Waals surface area contributed by atoms with E-state index >= 15 is 0 Å². The number of halogens is 2. The van der Waals surface area contributed by atoms with Gasteiger partial charge in [-0.25, -0.2) is 9.97 Å². The molecule has 1 aliphatic rings. The van der Waals surface area contributed by atoms with Crippen molar-refractivity contribution in [3.8, 4) is 10.7 Å². The Bertz CT molecular complexity index is 605. The van der Waals surface area contributed by atoms with Crippen LogP contribution < -0.4 is 0 Å². The summed E-state index contributed by atoms with van der Waals surface area (Å²) in [4.78, 5) is 11.6. The van der Waals surface area contributed by atoms with E-state index in [1.54, 1.807) is 11.3 Å². The maximum Gasteiger partial charge on any atom is 0.171 e. The molecule has 0 atom stereocenters. The van der Waals surface area contributed by atoms with Gasteiger partial charge in [-0.2, -0.15) is 0 Å². The number of thiophene rings is 1. The van der Waals surface area contributed by atoms with Crippen LogP contribution in [0.2, 0.25) is 5.15 Å². The van der Waals surface area contributed by atoms with Crippen molar-refractivity contribution in [2.24, 2.45) is 0 Å². The summed E-state index contributed by atoms with van der Waals surface area (Å²) in [6, 6.07) is 2.08. The molecule has 0 unspecified atom stereocenters. The number of aryl methyl sites for hydroxylation is 2. The fourth-order valence-electron chi connectivity index (χ4n) is 2.41. The second kappa shape index (κ2) is 5.51. The maximum absolute atomic E-state index is 6.36. The minimum absolute atomic E-state index is 0.643. The van der Waals surface area contributed by atoms with Crippen molar-refractivity contribution in [3.63, 3.8) is 0 Å². The van der Waals surface area contributed by atoms with Gasteiger partial charge >= 0.3 is 0 Å². The van der Waals surface area contributed by atoms with Gasteiger partial charge in [0, 0.05) is 20.6 Å². The Morgan fingerprint density at radius 1 is 1.21 bits per heavy atom. The maximum atomic E-state index is 6.36. The van der Waals surface area contributed by atoms with Crippen LogP contribution >= 0.6 is 38.9 Å². The molecule has 0 fully saturated rings. The lowest BCUT2D eigenvalue weighted by Crippen LogP contribution is -2.01. The molecule has 100 valence electrons. The summed E-state index contributed by atoms with van der Waals surface area (Å²) in [6.07, 6.45) is 5.69. The van der Waals surface area contributed by atoms with Gasteiger partial charge in [0.1, 0.15) is 5.15 Å². The molecule has 0 aliphatic heterocycles.